The minimum Gasteiger partial charge on any atom is -0.369 e. The number of halogens is 1. The molecular weight excluding hydrogens is 278 g/mol. The highest BCUT2D eigenvalue weighted by atomic mass is 35.5. The number of carbonyl (C=O) groups excluding carboxylic acids is 1. The maximum atomic E-state index is 12.1. The van der Waals surface area contributed by atoms with E-state index in [0.717, 1.165) is 5.52 Å². The average molecular weight is 292 g/mol. The van der Waals surface area contributed by atoms with Crippen LogP contribution in [-0.2, 0) is 11.3 Å². The lowest BCUT2D eigenvalue weighted by molar-refractivity contribution is -0.130. The van der Waals surface area contributed by atoms with Crippen LogP contribution in [0.5, 0.6) is 0 Å². The lowest BCUT2D eigenvalue weighted by Gasteiger charge is -2.16. The zero-order valence-electron chi connectivity index (χ0n) is 11.0. The molecule has 0 atom stereocenters. The highest BCUT2D eigenvalue weighted by molar-refractivity contribution is 6.31. The van der Waals surface area contributed by atoms with Crippen LogP contribution in [0.2, 0.25) is 5.02 Å². The van der Waals surface area contributed by atoms with Crippen molar-refractivity contribution in [2.75, 3.05) is 19.3 Å². The summed E-state index contributed by atoms with van der Waals surface area (Å²) >= 11 is 5.90. The second kappa shape index (κ2) is 5.80. The molecule has 2 aromatic rings. The molecule has 0 aliphatic rings. The smallest absolute Gasteiger partial charge is 0.242 e. The molecule has 7 heteroatoms. The summed E-state index contributed by atoms with van der Waals surface area (Å²) in [7, 11) is 1.66. The van der Waals surface area contributed by atoms with Crippen LogP contribution in [0.1, 0.15) is 6.42 Å². The highest BCUT2D eigenvalue weighted by Crippen LogP contribution is 2.21. The molecule has 0 spiro atoms. The Morgan fingerprint density at radius 2 is 2.35 bits per heavy atom. The van der Waals surface area contributed by atoms with Crippen molar-refractivity contribution in [1.29, 1.82) is 5.26 Å². The second-order valence-electron chi connectivity index (χ2n) is 4.41. The van der Waals surface area contributed by atoms with Crippen LogP contribution in [-0.4, -0.2) is 34.0 Å². The van der Waals surface area contributed by atoms with E-state index >= 15 is 0 Å². The summed E-state index contributed by atoms with van der Waals surface area (Å²) in [5.41, 5.74) is 7.25. The zero-order chi connectivity index (χ0) is 14.7. The Labute approximate surface area is 121 Å². The standard InChI is InChI=1S/C13H14ClN5O/c1-18(6-2-5-15)12(20)8-19-11-4-3-9(14)7-10(11)17-13(19)16/h3-4,7H,2,6,8H2,1H3,(H2,16,17). The van der Waals surface area contributed by atoms with Gasteiger partial charge in [-0.15, -0.1) is 0 Å². The SMILES string of the molecule is CN(CCC#N)C(=O)Cn1c(N)nc2cc(Cl)ccc21. The Morgan fingerprint density at radius 1 is 1.60 bits per heavy atom. The number of nitriles is 1. The van der Waals surface area contributed by atoms with Crippen molar-refractivity contribution in [1.82, 2.24) is 14.5 Å². The van der Waals surface area contributed by atoms with Crippen LogP contribution < -0.4 is 5.73 Å². The number of hydrogen-bond donors (Lipinski definition) is 1. The van der Waals surface area contributed by atoms with Gasteiger partial charge >= 0.3 is 0 Å². The van der Waals surface area contributed by atoms with E-state index in [0.29, 0.717) is 23.5 Å². The van der Waals surface area contributed by atoms with Gasteiger partial charge in [0.05, 0.1) is 23.5 Å². The average Bonchev–Trinajstić information content (AvgIpc) is 2.71. The van der Waals surface area contributed by atoms with Gasteiger partial charge in [0.25, 0.3) is 0 Å². The summed E-state index contributed by atoms with van der Waals surface area (Å²) in [6.07, 6.45) is 0.304. The quantitative estimate of drug-likeness (QED) is 0.927. The van der Waals surface area contributed by atoms with Crippen molar-refractivity contribution < 1.29 is 4.79 Å². The van der Waals surface area contributed by atoms with E-state index in [1.165, 1.54) is 4.90 Å². The molecule has 0 aliphatic carbocycles. The molecule has 1 aromatic carbocycles. The Kier molecular flexibility index (Phi) is 4.11. The number of carbonyl (C=O) groups is 1. The van der Waals surface area contributed by atoms with Gasteiger partial charge in [-0.1, -0.05) is 11.6 Å². The third kappa shape index (κ3) is 2.83. The van der Waals surface area contributed by atoms with E-state index in [4.69, 9.17) is 22.6 Å². The fourth-order valence-electron chi connectivity index (χ4n) is 1.89. The Hall–Kier alpha value is -2.26. The summed E-state index contributed by atoms with van der Waals surface area (Å²) < 4.78 is 1.64. The summed E-state index contributed by atoms with van der Waals surface area (Å²) in [6.45, 7) is 0.486. The first-order chi connectivity index (χ1) is 9.52. The van der Waals surface area contributed by atoms with Gasteiger partial charge in [-0.05, 0) is 18.2 Å². The first-order valence-corrected chi connectivity index (χ1v) is 6.43. The van der Waals surface area contributed by atoms with Crippen molar-refractivity contribution in [2.24, 2.45) is 0 Å². The van der Waals surface area contributed by atoms with Gasteiger partial charge < -0.3 is 15.2 Å². The number of hydrogen-bond acceptors (Lipinski definition) is 4. The summed E-state index contributed by atoms with van der Waals surface area (Å²) in [6, 6.07) is 7.22. The number of anilines is 1. The Bertz CT molecular complexity index is 688. The molecule has 0 radical (unpaired) electrons. The van der Waals surface area contributed by atoms with Gasteiger partial charge in [0, 0.05) is 18.6 Å². The van der Waals surface area contributed by atoms with E-state index < -0.39 is 0 Å². The number of likely N-dealkylation sites (N-methyl/N-ethyl adjacent to an activating group) is 1. The lowest BCUT2D eigenvalue weighted by Crippen LogP contribution is -2.31. The molecule has 1 aromatic heterocycles. The van der Waals surface area contributed by atoms with Crippen LogP contribution >= 0.6 is 11.6 Å². The number of rotatable bonds is 4. The number of benzene rings is 1. The molecule has 1 amide bonds. The van der Waals surface area contributed by atoms with Gasteiger partial charge in [-0.25, -0.2) is 4.98 Å². The van der Waals surface area contributed by atoms with Gasteiger partial charge in [0.2, 0.25) is 11.9 Å². The maximum Gasteiger partial charge on any atom is 0.242 e. The first-order valence-electron chi connectivity index (χ1n) is 6.05. The summed E-state index contributed by atoms with van der Waals surface area (Å²) in [4.78, 5) is 17.8. The van der Waals surface area contributed by atoms with Crippen LogP contribution in [0.25, 0.3) is 11.0 Å². The third-order valence-corrected chi connectivity index (χ3v) is 3.25. The lowest BCUT2D eigenvalue weighted by atomic mass is 10.3. The Balaban J connectivity index is 2.23. The number of nitrogens with two attached hydrogens (primary N) is 1. The Morgan fingerprint density at radius 3 is 3.05 bits per heavy atom. The number of aromatic nitrogens is 2. The molecule has 0 saturated heterocycles. The van der Waals surface area contributed by atoms with Crippen molar-refractivity contribution in [3.8, 4) is 6.07 Å². The molecule has 0 bridgehead atoms. The van der Waals surface area contributed by atoms with Gasteiger partial charge in [0.15, 0.2) is 0 Å². The number of amides is 1. The minimum atomic E-state index is -0.124. The third-order valence-electron chi connectivity index (χ3n) is 3.02. The van der Waals surface area contributed by atoms with Crippen molar-refractivity contribution in [2.45, 2.75) is 13.0 Å². The molecule has 1 heterocycles. The topological polar surface area (TPSA) is 87.9 Å². The molecule has 104 valence electrons. The fraction of sp³-hybridized carbons (Fsp3) is 0.308. The van der Waals surface area contributed by atoms with E-state index in [1.54, 1.807) is 29.8 Å². The second-order valence-corrected chi connectivity index (χ2v) is 4.85. The highest BCUT2D eigenvalue weighted by Gasteiger charge is 2.14. The van der Waals surface area contributed by atoms with E-state index in [2.05, 4.69) is 4.98 Å². The molecular formula is C13H14ClN5O. The molecule has 6 nitrogen and oxygen atoms in total. The predicted octanol–water partition coefficient (Wildman–Crippen LogP) is 1.64. The number of nitrogens with zero attached hydrogens (tertiary/aromatic N) is 4. The van der Waals surface area contributed by atoms with Crippen LogP contribution in [0, 0.1) is 11.3 Å². The van der Waals surface area contributed by atoms with E-state index in [1.807, 2.05) is 6.07 Å². The van der Waals surface area contributed by atoms with Crippen molar-refractivity contribution >= 4 is 34.5 Å². The first kappa shape index (κ1) is 14.2. The van der Waals surface area contributed by atoms with Gasteiger partial charge in [-0.3, -0.25) is 4.79 Å². The predicted molar refractivity (Wildman–Crippen MR) is 77.0 cm³/mol. The van der Waals surface area contributed by atoms with Gasteiger partial charge in [0.1, 0.15) is 6.54 Å². The normalized spacial score (nSPS) is 10.4. The van der Waals surface area contributed by atoms with Crippen LogP contribution in [0.15, 0.2) is 18.2 Å². The minimum absolute atomic E-state index is 0.0892. The maximum absolute atomic E-state index is 12.1. The molecule has 0 aliphatic heterocycles. The van der Waals surface area contributed by atoms with Crippen LogP contribution in [0.3, 0.4) is 0 Å². The van der Waals surface area contributed by atoms with Gasteiger partial charge in [-0.2, -0.15) is 5.26 Å². The van der Waals surface area contributed by atoms with E-state index in [9.17, 15) is 4.79 Å². The molecule has 0 fully saturated rings. The summed E-state index contributed by atoms with van der Waals surface area (Å²) in [5, 5.41) is 9.10. The number of nitrogen functional groups attached to an aromatic ring is 1. The number of fused-ring (bicyclic) bond motifs is 1. The largest absolute Gasteiger partial charge is 0.369 e. The monoisotopic (exact) mass is 291 g/mol. The molecule has 2 N–H and O–H groups in total. The molecule has 0 unspecified atom stereocenters. The molecule has 0 saturated carbocycles. The van der Waals surface area contributed by atoms with E-state index in [-0.39, 0.29) is 18.4 Å². The number of imidazole rings is 1. The summed E-state index contributed by atoms with van der Waals surface area (Å²) in [5.74, 6) is 0.144. The van der Waals surface area contributed by atoms with Crippen molar-refractivity contribution in [3.05, 3.63) is 23.2 Å². The zero-order valence-corrected chi connectivity index (χ0v) is 11.8. The fourth-order valence-corrected chi connectivity index (χ4v) is 2.05. The van der Waals surface area contributed by atoms with Crippen LogP contribution in [0.4, 0.5) is 5.95 Å². The van der Waals surface area contributed by atoms with Crippen molar-refractivity contribution in [3.63, 3.8) is 0 Å². The molecule has 2 rings (SSSR count). The molecule has 20 heavy (non-hydrogen) atoms.